The molecule has 4 rings (SSSR count). The maximum atomic E-state index is 12.4. The Morgan fingerprint density at radius 3 is 2.83 bits per heavy atom. The second kappa shape index (κ2) is 7.58. The van der Waals surface area contributed by atoms with Crippen LogP contribution in [0.1, 0.15) is 60.4 Å². The van der Waals surface area contributed by atoms with Crippen molar-refractivity contribution in [3.05, 3.63) is 63.3 Å². The van der Waals surface area contributed by atoms with Gasteiger partial charge in [-0.25, -0.2) is 5.43 Å². The SMILES string of the molecule is Cc1cc2c(cc1/C=N/NC(=O)c1cc3cc(Br)ccc3o1)[C@@H](C)CC(C)(C)N2C. The molecule has 2 heterocycles. The molecule has 1 aliphatic heterocycles. The third-order valence-electron chi connectivity index (χ3n) is 6.09. The quantitative estimate of drug-likeness (QED) is 0.380. The fraction of sp³-hybridized carbons (Fsp3) is 0.333. The van der Waals surface area contributed by atoms with Crippen molar-refractivity contribution in [2.45, 2.75) is 45.6 Å². The van der Waals surface area contributed by atoms with E-state index in [0.717, 1.165) is 27.4 Å². The topological polar surface area (TPSA) is 57.8 Å². The largest absolute Gasteiger partial charge is 0.451 e. The molecule has 0 unspecified atom stereocenters. The molecule has 0 fully saturated rings. The maximum absolute atomic E-state index is 12.4. The van der Waals surface area contributed by atoms with E-state index in [1.165, 1.54) is 11.3 Å². The molecule has 0 saturated heterocycles. The lowest BCUT2D eigenvalue weighted by atomic mass is 9.79. The summed E-state index contributed by atoms with van der Waals surface area (Å²) in [5.41, 5.74) is 8.08. The van der Waals surface area contributed by atoms with Crippen molar-refractivity contribution in [2.24, 2.45) is 5.10 Å². The van der Waals surface area contributed by atoms with Gasteiger partial charge < -0.3 is 9.32 Å². The molecule has 0 bridgehead atoms. The lowest BCUT2D eigenvalue weighted by molar-refractivity contribution is 0.0929. The van der Waals surface area contributed by atoms with Gasteiger partial charge in [0.2, 0.25) is 0 Å². The molecule has 2 aromatic carbocycles. The van der Waals surface area contributed by atoms with Gasteiger partial charge in [0.15, 0.2) is 5.76 Å². The van der Waals surface area contributed by atoms with E-state index >= 15 is 0 Å². The normalized spacial score (nSPS) is 18.1. The van der Waals surface area contributed by atoms with Gasteiger partial charge in [0, 0.05) is 28.1 Å². The molecule has 30 heavy (non-hydrogen) atoms. The predicted octanol–water partition coefficient (Wildman–Crippen LogP) is 5.99. The Hall–Kier alpha value is -2.60. The standard InChI is InChI=1S/C24H26BrN3O2/c1-14-8-20-19(15(2)12-24(3,4)28(20)5)10-17(14)13-26-27-23(29)22-11-16-9-18(25)6-7-21(16)30-22/h6-11,13,15H,12H2,1-5H3,(H,27,29)/b26-13+/t15-/m0/s1. The fourth-order valence-corrected chi connectivity index (χ4v) is 4.59. The van der Waals surface area contributed by atoms with E-state index in [2.05, 4.69) is 78.2 Å². The number of nitrogens with one attached hydrogen (secondary N) is 1. The number of benzene rings is 2. The zero-order valence-electron chi connectivity index (χ0n) is 17.9. The summed E-state index contributed by atoms with van der Waals surface area (Å²) in [5, 5.41) is 5.05. The van der Waals surface area contributed by atoms with E-state index in [4.69, 9.17) is 4.42 Å². The number of aryl methyl sites for hydroxylation is 1. The number of nitrogens with zero attached hydrogens (tertiary/aromatic N) is 2. The summed E-state index contributed by atoms with van der Waals surface area (Å²) >= 11 is 3.42. The van der Waals surface area contributed by atoms with Crippen LogP contribution in [0.5, 0.6) is 0 Å². The first kappa shape index (κ1) is 20.7. The van der Waals surface area contributed by atoms with Crippen LogP contribution in [-0.4, -0.2) is 24.7 Å². The van der Waals surface area contributed by atoms with Crippen LogP contribution in [0.15, 0.2) is 50.4 Å². The monoisotopic (exact) mass is 467 g/mol. The van der Waals surface area contributed by atoms with Crippen molar-refractivity contribution in [3.63, 3.8) is 0 Å². The molecule has 0 saturated carbocycles. The minimum absolute atomic E-state index is 0.130. The van der Waals surface area contributed by atoms with Crippen LogP contribution in [0.4, 0.5) is 5.69 Å². The average molecular weight is 468 g/mol. The molecule has 1 N–H and O–H groups in total. The third-order valence-corrected chi connectivity index (χ3v) is 6.59. The number of furan rings is 1. The highest BCUT2D eigenvalue weighted by Crippen LogP contribution is 2.43. The molecule has 0 aliphatic carbocycles. The summed E-state index contributed by atoms with van der Waals surface area (Å²) in [5.74, 6) is 0.326. The Morgan fingerprint density at radius 2 is 2.07 bits per heavy atom. The third kappa shape index (κ3) is 3.76. The van der Waals surface area contributed by atoms with E-state index in [1.807, 2.05) is 18.2 Å². The number of amides is 1. The Labute approximate surface area is 185 Å². The minimum atomic E-state index is -0.371. The zero-order chi connectivity index (χ0) is 21.6. The van der Waals surface area contributed by atoms with Crippen LogP contribution < -0.4 is 10.3 Å². The van der Waals surface area contributed by atoms with Gasteiger partial charge in [-0.2, -0.15) is 5.10 Å². The van der Waals surface area contributed by atoms with Crippen molar-refractivity contribution in [1.82, 2.24) is 5.43 Å². The van der Waals surface area contributed by atoms with Crippen molar-refractivity contribution in [3.8, 4) is 0 Å². The van der Waals surface area contributed by atoms with Gasteiger partial charge in [-0.1, -0.05) is 22.9 Å². The number of carbonyl (C=O) groups is 1. The molecule has 1 atom stereocenters. The summed E-state index contributed by atoms with van der Waals surface area (Å²) in [6.07, 6.45) is 2.80. The molecular formula is C24H26BrN3O2. The molecule has 1 aromatic heterocycles. The first-order valence-electron chi connectivity index (χ1n) is 10.1. The average Bonchev–Trinajstić information content (AvgIpc) is 3.10. The second-order valence-electron chi connectivity index (χ2n) is 8.74. The number of carbonyl (C=O) groups excluding carboxylic acids is 1. The summed E-state index contributed by atoms with van der Waals surface area (Å²) in [6, 6.07) is 11.7. The van der Waals surface area contributed by atoms with E-state index in [1.54, 1.807) is 12.3 Å². The van der Waals surface area contributed by atoms with Crippen LogP contribution in [0.25, 0.3) is 11.0 Å². The lowest BCUT2D eigenvalue weighted by Crippen LogP contribution is -2.45. The lowest BCUT2D eigenvalue weighted by Gasteiger charge is -2.45. The first-order chi connectivity index (χ1) is 14.2. The van der Waals surface area contributed by atoms with Crippen LogP contribution in [0.3, 0.4) is 0 Å². The summed E-state index contributed by atoms with van der Waals surface area (Å²) in [7, 11) is 2.16. The van der Waals surface area contributed by atoms with Crippen molar-refractivity contribution in [1.29, 1.82) is 0 Å². The Morgan fingerprint density at radius 1 is 1.30 bits per heavy atom. The van der Waals surface area contributed by atoms with Crippen LogP contribution in [-0.2, 0) is 0 Å². The number of rotatable bonds is 3. The summed E-state index contributed by atoms with van der Waals surface area (Å²) < 4.78 is 6.56. The highest BCUT2D eigenvalue weighted by Gasteiger charge is 2.34. The number of anilines is 1. The molecule has 3 aromatic rings. The van der Waals surface area contributed by atoms with Crippen LogP contribution in [0, 0.1) is 6.92 Å². The number of hydrazone groups is 1. The van der Waals surface area contributed by atoms with Gasteiger partial charge in [0.05, 0.1) is 6.21 Å². The van der Waals surface area contributed by atoms with Gasteiger partial charge in [0.1, 0.15) is 5.58 Å². The molecule has 1 aliphatic rings. The van der Waals surface area contributed by atoms with Crippen LogP contribution in [0.2, 0.25) is 0 Å². The van der Waals surface area contributed by atoms with Gasteiger partial charge in [-0.3, -0.25) is 4.79 Å². The summed E-state index contributed by atoms with van der Waals surface area (Å²) in [4.78, 5) is 14.8. The molecule has 0 radical (unpaired) electrons. The Balaban J connectivity index is 1.54. The Bertz CT molecular complexity index is 1160. The van der Waals surface area contributed by atoms with E-state index in [-0.39, 0.29) is 17.2 Å². The van der Waals surface area contributed by atoms with Crippen molar-refractivity contribution >= 4 is 44.7 Å². The van der Waals surface area contributed by atoms with Crippen molar-refractivity contribution in [2.75, 3.05) is 11.9 Å². The minimum Gasteiger partial charge on any atom is -0.451 e. The van der Waals surface area contributed by atoms with Gasteiger partial charge in [-0.15, -0.1) is 0 Å². The Kier molecular flexibility index (Phi) is 5.22. The number of hydrogen-bond acceptors (Lipinski definition) is 4. The summed E-state index contributed by atoms with van der Waals surface area (Å²) in [6.45, 7) is 8.90. The molecule has 156 valence electrons. The fourth-order valence-electron chi connectivity index (χ4n) is 4.22. The highest BCUT2D eigenvalue weighted by atomic mass is 79.9. The van der Waals surface area contributed by atoms with Gasteiger partial charge in [-0.05, 0) is 86.2 Å². The number of halogens is 1. The van der Waals surface area contributed by atoms with E-state index < -0.39 is 0 Å². The van der Waals surface area contributed by atoms with E-state index in [9.17, 15) is 4.79 Å². The van der Waals surface area contributed by atoms with Gasteiger partial charge >= 0.3 is 5.91 Å². The molecule has 0 spiro atoms. The zero-order valence-corrected chi connectivity index (χ0v) is 19.5. The maximum Gasteiger partial charge on any atom is 0.307 e. The molecule has 6 heteroatoms. The van der Waals surface area contributed by atoms with Gasteiger partial charge in [0.25, 0.3) is 0 Å². The molecular weight excluding hydrogens is 442 g/mol. The molecule has 1 amide bonds. The second-order valence-corrected chi connectivity index (χ2v) is 9.65. The van der Waals surface area contributed by atoms with Crippen LogP contribution >= 0.6 is 15.9 Å². The highest BCUT2D eigenvalue weighted by molar-refractivity contribution is 9.10. The van der Waals surface area contributed by atoms with E-state index in [0.29, 0.717) is 11.5 Å². The smallest absolute Gasteiger partial charge is 0.307 e. The molecule has 5 nitrogen and oxygen atoms in total. The first-order valence-corrected chi connectivity index (χ1v) is 10.9. The number of hydrogen-bond donors (Lipinski definition) is 1. The predicted molar refractivity (Wildman–Crippen MR) is 126 cm³/mol. The number of fused-ring (bicyclic) bond motifs is 2. The van der Waals surface area contributed by atoms with Crippen molar-refractivity contribution < 1.29 is 9.21 Å².